The molecule has 0 radical (unpaired) electrons. The molecule has 1 rings (SSSR count). The molecule has 1 saturated carbocycles. The lowest BCUT2D eigenvalue weighted by atomic mass is 10.1. The van der Waals surface area contributed by atoms with Gasteiger partial charge in [0.05, 0.1) is 5.66 Å². The molecule has 1 atom stereocenters. The van der Waals surface area contributed by atoms with Crippen molar-refractivity contribution in [2.75, 3.05) is 0 Å². The van der Waals surface area contributed by atoms with E-state index in [4.69, 9.17) is 11.5 Å². The van der Waals surface area contributed by atoms with Crippen molar-refractivity contribution in [3.8, 4) is 0 Å². The highest BCUT2D eigenvalue weighted by atomic mass is 16.2. The summed E-state index contributed by atoms with van der Waals surface area (Å²) < 4.78 is 0. The molecular weight excluding hydrogens is 130 g/mol. The van der Waals surface area contributed by atoms with E-state index >= 15 is 0 Å². The summed E-state index contributed by atoms with van der Waals surface area (Å²) in [6, 6.07) is -0.545. The number of urea groups is 1. The highest BCUT2D eigenvalue weighted by Gasteiger charge is 2.39. The molecule has 2 amide bonds. The van der Waals surface area contributed by atoms with Gasteiger partial charge in [0, 0.05) is 0 Å². The molecule has 0 aromatic heterocycles. The van der Waals surface area contributed by atoms with Crippen LogP contribution in [0.15, 0.2) is 0 Å². The molecule has 0 spiro atoms. The quantitative estimate of drug-likeness (QED) is 0.465. The highest BCUT2D eigenvalue weighted by Crippen LogP contribution is 2.36. The van der Waals surface area contributed by atoms with Crippen LogP contribution in [0.2, 0.25) is 0 Å². The second kappa shape index (κ2) is 2.12. The van der Waals surface area contributed by atoms with Crippen molar-refractivity contribution in [1.29, 1.82) is 0 Å². The maximum Gasteiger partial charge on any atom is 0.313 e. The highest BCUT2D eigenvalue weighted by molar-refractivity contribution is 5.72. The Balaban J connectivity index is 2.41. The Kier molecular flexibility index (Phi) is 1.56. The largest absolute Gasteiger partial charge is 0.352 e. The summed E-state index contributed by atoms with van der Waals surface area (Å²) >= 11 is 0. The monoisotopic (exact) mass is 143 g/mol. The molecule has 0 heterocycles. The van der Waals surface area contributed by atoms with Crippen LogP contribution >= 0.6 is 0 Å². The van der Waals surface area contributed by atoms with Crippen molar-refractivity contribution in [1.82, 2.24) is 5.32 Å². The van der Waals surface area contributed by atoms with E-state index in [-0.39, 0.29) is 0 Å². The molecule has 4 nitrogen and oxygen atoms in total. The standard InChI is InChI=1S/C6H13N3O/c1-6(8,4-2-3-4)9-5(7)10/h4H,2-3,8H2,1H3,(H3,7,9,10). The first-order valence-electron chi connectivity index (χ1n) is 3.39. The zero-order valence-corrected chi connectivity index (χ0v) is 6.05. The molecular formula is C6H13N3O. The predicted octanol–water partition coefficient (Wildman–Crippen LogP) is -0.260. The molecule has 1 aliphatic carbocycles. The lowest BCUT2D eigenvalue weighted by molar-refractivity contribution is 0.231. The fourth-order valence-corrected chi connectivity index (χ4v) is 1.05. The van der Waals surface area contributed by atoms with Gasteiger partial charge in [-0.2, -0.15) is 0 Å². The summed E-state index contributed by atoms with van der Waals surface area (Å²) in [7, 11) is 0. The van der Waals surface area contributed by atoms with Crippen LogP contribution in [0, 0.1) is 5.92 Å². The number of carbonyl (C=O) groups is 1. The average Bonchev–Trinajstić information content (AvgIpc) is 2.35. The number of primary amides is 1. The van der Waals surface area contributed by atoms with Gasteiger partial charge in [-0.3, -0.25) is 0 Å². The first-order valence-corrected chi connectivity index (χ1v) is 3.39. The lowest BCUT2D eigenvalue weighted by Crippen LogP contribution is -2.56. The zero-order chi connectivity index (χ0) is 7.78. The minimum absolute atomic E-state index is 0.417. The van der Waals surface area contributed by atoms with E-state index in [0.29, 0.717) is 5.92 Å². The van der Waals surface area contributed by atoms with Crippen LogP contribution in [-0.2, 0) is 0 Å². The molecule has 5 N–H and O–H groups in total. The summed E-state index contributed by atoms with van der Waals surface area (Å²) in [6.07, 6.45) is 2.18. The summed E-state index contributed by atoms with van der Waals surface area (Å²) in [5.74, 6) is 0.417. The van der Waals surface area contributed by atoms with Crippen LogP contribution < -0.4 is 16.8 Å². The van der Waals surface area contributed by atoms with Gasteiger partial charge in [-0.1, -0.05) is 0 Å². The van der Waals surface area contributed by atoms with E-state index in [1.54, 1.807) is 6.92 Å². The number of amides is 2. The van der Waals surface area contributed by atoms with E-state index in [9.17, 15) is 4.79 Å². The second-order valence-corrected chi connectivity index (χ2v) is 3.05. The number of nitrogens with one attached hydrogen (secondary N) is 1. The van der Waals surface area contributed by atoms with Gasteiger partial charge in [0.2, 0.25) is 0 Å². The molecule has 1 fully saturated rings. The fraction of sp³-hybridized carbons (Fsp3) is 0.833. The first-order chi connectivity index (χ1) is 4.52. The molecule has 4 heteroatoms. The van der Waals surface area contributed by atoms with Gasteiger partial charge < -0.3 is 16.8 Å². The van der Waals surface area contributed by atoms with Gasteiger partial charge >= 0.3 is 6.03 Å². The Morgan fingerprint density at radius 2 is 2.20 bits per heavy atom. The van der Waals surface area contributed by atoms with Crippen molar-refractivity contribution in [3.05, 3.63) is 0 Å². The Morgan fingerprint density at radius 3 is 2.50 bits per heavy atom. The summed E-state index contributed by atoms with van der Waals surface area (Å²) in [4.78, 5) is 10.4. The van der Waals surface area contributed by atoms with Crippen LogP contribution in [0.25, 0.3) is 0 Å². The van der Waals surface area contributed by atoms with Crippen molar-refractivity contribution >= 4 is 6.03 Å². The average molecular weight is 143 g/mol. The number of hydrogen-bond acceptors (Lipinski definition) is 2. The molecule has 10 heavy (non-hydrogen) atoms. The summed E-state index contributed by atoms with van der Waals surface area (Å²) in [5.41, 5.74) is 10.0. The molecule has 58 valence electrons. The molecule has 1 unspecified atom stereocenters. The summed E-state index contributed by atoms with van der Waals surface area (Å²) in [6.45, 7) is 1.79. The second-order valence-electron chi connectivity index (χ2n) is 3.05. The number of hydrogen-bond donors (Lipinski definition) is 3. The topological polar surface area (TPSA) is 81.1 Å². The SMILES string of the molecule is CC(N)(NC(N)=O)C1CC1. The normalized spacial score (nSPS) is 23.4. The third-order valence-electron chi connectivity index (χ3n) is 1.82. The van der Waals surface area contributed by atoms with Crippen molar-refractivity contribution < 1.29 is 4.79 Å². The Labute approximate surface area is 59.9 Å². The van der Waals surface area contributed by atoms with E-state index in [1.165, 1.54) is 0 Å². The molecule has 0 saturated heterocycles. The van der Waals surface area contributed by atoms with Crippen molar-refractivity contribution in [2.45, 2.75) is 25.4 Å². The van der Waals surface area contributed by atoms with Crippen LogP contribution in [0.3, 0.4) is 0 Å². The Hall–Kier alpha value is -0.770. The minimum Gasteiger partial charge on any atom is -0.352 e. The molecule has 0 aliphatic heterocycles. The van der Waals surface area contributed by atoms with Gasteiger partial charge in [-0.05, 0) is 25.7 Å². The molecule has 1 aliphatic rings. The van der Waals surface area contributed by atoms with E-state index in [2.05, 4.69) is 5.32 Å². The maximum absolute atomic E-state index is 10.4. The Morgan fingerprint density at radius 1 is 1.70 bits per heavy atom. The summed E-state index contributed by atoms with van der Waals surface area (Å²) in [5, 5.41) is 2.50. The van der Waals surface area contributed by atoms with Gasteiger partial charge in [0.25, 0.3) is 0 Å². The van der Waals surface area contributed by atoms with Gasteiger partial charge in [0.15, 0.2) is 0 Å². The van der Waals surface area contributed by atoms with Gasteiger partial charge in [0.1, 0.15) is 0 Å². The van der Waals surface area contributed by atoms with E-state index in [0.717, 1.165) is 12.8 Å². The van der Waals surface area contributed by atoms with Crippen LogP contribution in [0.4, 0.5) is 4.79 Å². The Bertz CT molecular complexity index is 151. The lowest BCUT2D eigenvalue weighted by Gasteiger charge is -2.24. The minimum atomic E-state index is -0.591. The van der Waals surface area contributed by atoms with Crippen molar-refractivity contribution in [3.63, 3.8) is 0 Å². The number of rotatable bonds is 2. The van der Waals surface area contributed by atoms with E-state index < -0.39 is 11.7 Å². The smallest absolute Gasteiger partial charge is 0.313 e. The number of nitrogens with two attached hydrogens (primary N) is 2. The first kappa shape index (κ1) is 7.34. The van der Waals surface area contributed by atoms with Crippen LogP contribution in [0.5, 0.6) is 0 Å². The number of carbonyl (C=O) groups excluding carboxylic acids is 1. The van der Waals surface area contributed by atoms with Crippen LogP contribution in [-0.4, -0.2) is 11.7 Å². The third kappa shape index (κ3) is 1.60. The zero-order valence-electron chi connectivity index (χ0n) is 6.05. The van der Waals surface area contributed by atoms with Crippen LogP contribution in [0.1, 0.15) is 19.8 Å². The third-order valence-corrected chi connectivity index (χ3v) is 1.82. The van der Waals surface area contributed by atoms with E-state index in [1.807, 2.05) is 0 Å². The maximum atomic E-state index is 10.4. The predicted molar refractivity (Wildman–Crippen MR) is 38.0 cm³/mol. The molecule has 0 bridgehead atoms. The van der Waals surface area contributed by atoms with Gasteiger partial charge in [-0.15, -0.1) is 0 Å². The molecule has 0 aromatic carbocycles. The molecule has 0 aromatic rings. The van der Waals surface area contributed by atoms with Gasteiger partial charge in [-0.25, -0.2) is 4.79 Å². The fourth-order valence-electron chi connectivity index (χ4n) is 1.05. The van der Waals surface area contributed by atoms with Crippen molar-refractivity contribution in [2.24, 2.45) is 17.4 Å².